The predicted molar refractivity (Wildman–Crippen MR) is 111 cm³/mol. The molecule has 0 aromatic heterocycles. The van der Waals surface area contributed by atoms with Crippen LogP contribution >= 0.6 is 15.9 Å². The van der Waals surface area contributed by atoms with Crippen LogP contribution in [0.4, 0.5) is 5.69 Å². The molecule has 2 rings (SSSR count). The molecule has 144 valence electrons. The Labute approximate surface area is 168 Å². The molecular weight excluding hydrogens is 408 g/mol. The summed E-state index contributed by atoms with van der Waals surface area (Å²) in [6.07, 6.45) is 0.969. The van der Waals surface area contributed by atoms with E-state index in [1.54, 1.807) is 42.5 Å². The van der Waals surface area contributed by atoms with Gasteiger partial charge in [0.1, 0.15) is 5.75 Å². The van der Waals surface area contributed by atoms with E-state index in [2.05, 4.69) is 40.4 Å². The molecule has 0 radical (unpaired) electrons. The maximum absolute atomic E-state index is 12.5. The van der Waals surface area contributed by atoms with Crippen molar-refractivity contribution in [1.29, 1.82) is 0 Å². The lowest BCUT2D eigenvalue weighted by molar-refractivity contribution is 0.0954. The second kappa shape index (κ2) is 10.1. The van der Waals surface area contributed by atoms with E-state index in [0.717, 1.165) is 10.9 Å². The monoisotopic (exact) mass is 432 g/mol. The number of ether oxygens (including phenoxy) is 1. The summed E-state index contributed by atoms with van der Waals surface area (Å²) in [7, 11) is 0. The molecule has 2 aromatic rings. The van der Waals surface area contributed by atoms with E-state index < -0.39 is 0 Å². The van der Waals surface area contributed by atoms with Gasteiger partial charge >= 0.3 is 0 Å². The number of amides is 2. The van der Waals surface area contributed by atoms with E-state index in [9.17, 15) is 9.59 Å². The van der Waals surface area contributed by atoms with Gasteiger partial charge in [-0.1, -0.05) is 19.9 Å². The van der Waals surface area contributed by atoms with Crippen molar-refractivity contribution in [2.45, 2.75) is 27.2 Å². The minimum Gasteiger partial charge on any atom is -0.492 e. The summed E-state index contributed by atoms with van der Waals surface area (Å²) in [4.78, 5) is 24.4. The summed E-state index contributed by atoms with van der Waals surface area (Å²) in [6, 6.07) is 12.1. The maximum atomic E-state index is 12.5. The van der Waals surface area contributed by atoms with Crippen LogP contribution in [0.5, 0.6) is 5.75 Å². The van der Waals surface area contributed by atoms with Gasteiger partial charge in [0.15, 0.2) is 0 Å². The Kier molecular flexibility index (Phi) is 7.85. The predicted octanol–water partition coefficient (Wildman–Crippen LogP) is 4.88. The topological polar surface area (TPSA) is 67.4 Å². The summed E-state index contributed by atoms with van der Waals surface area (Å²) < 4.78 is 6.47. The van der Waals surface area contributed by atoms with Crippen molar-refractivity contribution >= 4 is 33.4 Å². The average molecular weight is 433 g/mol. The SMILES string of the molecule is CCNC(=O)c1cccc(NC(=O)c2ccc(OCCC(C)C)c(Br)c2)c1. The molecule has 0 aliphatic rings. The Bertz CT molecular complexity index is 806. The fourth-order valence-electron chi connectivity index (χ4n) is 2.37. The highest BCUT2D eigenvalue weighted by Crippen LogP contribution is 2.27. The Balaban J connectivity index is 2.04. The number of halogens is 1. The molecule has 27 heavy (non-hydrogen) atoms. The highest BCUT2D eigenvalue weighted by Gasteiger charge is 2.11. The number of rotatable bonds is 8. The van der Waals surface area contributed by atoms with E-state index in [1.807, 2.05) is 6.92 Å². The molecule has 0 aliphatic heterocycles. The van der Waals surface area contributed by atoms with E-state index in [1.165, 1.54) is 0 Å². The van der Waals surface area contributed by atoms with Gasteiger partial charge in [0, 0.05) is 23.4 Å². The summed E-state index contributed by atoms with van der Waals surface area (Å²) in [6.45, 7) is 7.33. The second-order valence-electron chi connectivity index (χ2n) is 6.57. The largest absolute Gasteiger partial charge is 0.492 e. The molecule has 0 saturated carbocycles. The molecule has 5 nitrogen and oxygen atoms in total. The molecule has 2 aromatic carbocycles. The summed E-state index contributed by atoms with van der Waals surface area (Å²) in [5, 5.41) is 5.56. The summed E-state index contributed by atoms with van der Waals surface area (Å²) in [5.41, 5.74) is 1.57. The number of carbonyl (C=O) groups excluding carboxylic acids is 2. The normalized spacial score (nSPS) is 10.6. The standard InChI is InChI=1S/C21H25BrN2O3/c1-4-23-20(25)15-6-5-7-17(12-15)24-21(26)16-8-9-19(18(22)13-16)27-11-10-14(2)3/h5-9,12-14H,4,10-11H2,1-3H3,(H,23,25)(H,24,26). The van der Waals surface area contributed by atoms with Crippen LogP contribution in [0, 0.1) is 5.92 Å². The van der Waals surface area contributed by atoms with Gasteiger partial charge in [0.25, 0.3) is 11.8 Å². The van der Waals surface area contributed by atoms with Gasteiger partial charge in [-0.3, -0.25) is 9.59 Å². The lowest BCUT2D eigenvalue weighted by Crippen LogP contribution is -2.22. The summed E-state index contributed by atoms with van der Waals surface area (Å²) >= 11 is 3.46. The number of hydrogen-bond acceptors (Lipinski definition) is 3. The van der Waals surface area contributed by atoms with Crippen molar-refractivity contribution in [3.05, 3.63) is 58.1 Å². The minimum absolute atomic E-state index is 0.167. The number of benzene rings is 2. The molecule has 6 heteroatoms. The Hall–Kier alpha value is -2.34. The zero-order valence-corrected chi connectivity index (χ0v) is 17.4. The van der Waals surface area contributed by atoms with Gasteiger partial charge in [-0.2, -0.15) is 0 Å². The van der Waals surface area contributed by atoms with Gasteiger partial charge in [-0.05, 0) is 71.6 Å². The maximum Gasteiger partial charge on any atom is 0.255 e. The Morgan fingerprint density at radius 2 is 1.81 bits per heavy atom. The van der Waals surface area contributed by atoms with Crippen molar-refractivity contribution in [3.63, 3.8) is 0 Å². The third kappa shape index (κ3) is 6.40. The fraction of sp³-hybridized carbons (Fsp3) is 0.333. The van der Waals surface area contributed by atoms with E-state index >= 15 is 0 Å². The lowest BCUT2D eigenvalue weighted by Gasteiger charge is -2.11. The number of nitrogens with one attached hydrogen (secondary N) is 2. The van der Waals surface area contributed by atoms with Gasteiger partial charge in [0.05, 0.1) is 11.1 Å². The van der Waals surface area contributed by atoms with Crippen molar-refractivity contribution in [1.82, 2.24) is 5.32 Å². The molecule has 2 amide bonds. The van der Waals surface area contributed by atoms with Crippen molar-refractivity contribution in [2.75, 3.05) is 18.5 Å². The zero-order valence-electron chi connectivity index (χ0n) is 15.8. The molecule has 0 unspecified atom stereocenters. The molecule has 0 saturated heterocycles. The van der Waals surface area contributed by atoms with Crippen LogP contribution in [0.1, 0.15) is 47.9 Å². The first kappa shape index (κ1) is 21.0. The van der Waals surface area contributed by atoms with Gasteiger partial charge in [-0.25, -0.2) is 0 Å². The average Bonchev–Trinajstić information content (AvgIpc) is 2.63. The highest BCUT2D eigenvalue weighted by atomic mass is 79.9. The third-order valence-electron chi connectivity index (χ3n) is 3.87. The highest BCUT2D eigenvalue weighted by molar-refractivity contribution is 9.10. The van der Waals surface area contributed by atoms with E-state index in [4.69, 9.17) is 4.74 Å². The minimum atomic E-state index is -0.252. The first-order chi connectivity index (χ1) is 12.9. The van der Waals surface area contributed by atoms with Crippen LogP contribution in [-0.2, 0) is 0 Å². The van der Waals surface area contributed by atoms with Crippen LogP contribution in [0.2, 0.25) is 0 Å². The molecule has 0 heterocycles. The Morgan fingerprint density at radius 3 is 2.48 bits per heavy atom. The van der Waals surface area contributed by atoms with Crippen LogP contribution in [0.25, 0.3) is 0 Å². The molecule has 0 fully saturated rings. The van der Waals surface area contributed by atoms with Gasteiger partial charge < -0.3 is 15.4 Å². The third-order valence-corrected chi connectivity index (χ3v) is 4.49. The molecular formula is C21H25BrN2O3. The van der Waals surface area contributed by atoms with E-state index in [0.29, 0.717) is 41.6 Å². The first-order valence-electron chi connectivity index (χ1n) is 9.02. The number of anilines is 1. The first-order valence-corrected chi connectivity index (χ1v) is 9.82. The van der Waals surface area contributed by atoms with Crippen molar-refractivity contribution in [3.8, 4) is 5.75 Å². The fourth-order valence-corrected chi connectivity index (χ4v) is 2.86. The quantitative estimate of drug-likeness (QED) is 0.624. The molecule has 0 bridgehead atoms. The number of hydrogen-bond donors (Lipinski definition) is 2. The second-order valence-corrected chi connectivity index (χ2v) is 7.42. The molecule has 0 spiro atoms. The molecule has 0 atom stereocenters. The van der Waals surface area contributed by atoms with Gasteiger partial charge in [-0.15, -0.1) is 0 Å². The van der Waals surface area contributed by atoms with Gasteiger partial charge in [0.2, 0.25) is 0 Å². The smallest absolute Gasteiger partial charge is 0.255 e. The summed E-state index contributed by atoms with van der Waals surface area (Å²) in [5.74, 6) is 0.867. The van der Waals surface area contributed by atoms with Crippen LogP contribution in [0.3, 0.4) is 0 Å². The van der Waals surface area contributed by atoms with Crippen LogP contribution < -0.4 is 15.4 Å². The van der Waals surface area contributed by atoms with Crippen LogP contribution in [0.15, 0.2) is 46.9 Å². The lowest BCUT2D eigenvalue weighted by atomic mass is 10.1. The molecule has 0 aliphatic carbocycles. The zero-order chi connectivity index (χ0) is 19.8. The van der Waals surface area contributed by atoms with Crippen molar-refractivity contribution in [2.24, 2.45) is 5.92 Å². The van der Waals surface area contributed by atoms with Crippen molar-refractivity contribution < 1.29 is 14.3 Å². The molecule has 2 N–H and O–H groups in total. The van der Waals surface area contributed by atoms with E-state index in [-0.39, 0.29) is 11.8 Å². The Morgan fingerprint density at radius 1 is 1.07 bits per heavy atom. The number of carbonyl (C=O) groups is 2. The van der Waals surface area contributed by atoms with Crippen LogP contribution in [-0.4, -0.2) is 25.0 Å².